The summed E-state index contributed by atoms with van der Waals surface area (Å²) >= 11 is 0. The highest BCUT2D eigenvalue weighted by Gasteiger charge is 2.24. The van der Waals surface area contributed by atoms with Gasteiger partial charge >= 0.3 is 0 Å². The fraction of sp³-hybridized carbons (Fsp3) is 0.812. The summed E-state index contributed by atoms with van der Waals surface area (Å²) in [6.45, 7) is 12.1. The van der Waals surface area contributed by atoms with E-state index in [9.17, 15) is 0 Å². The van der Waals surface area contributed by atoms with Gasteiger partial charge in [-0.1, -0.05) is 33.6 Å². The first kappa shape index (κ1) is 14.6. The molecule has 1 N–H and O–H groups in total. The van der Waals surface area contributed by atoms with Crippen molar-refractivity contribution in [2.45, 2.75) is 78.9 Å². The SMILES string of the molecule is Cc1nn(C2CCCC(C)C2)c(C)c1CNC(C)C. The molecular formula is C16H29N3. The third-order valence-corrected chi connectivity index (χ3v) is 4.42. The molecule has 1 saturated carbocycles. The van der Waals surface area contributed by atoms with Crippen LogP contribution < -0.4 is 5.32 Å². The quantitative estimate of drug-likeness (QED) is 0.896. The number of aryl methyl sites for hydroxylation is 1. The Morgan fingerprint density at radius 2 is 2.05 bits per heavy atom. The predicted molar refractivity (Wildman–Crippen MR) is 80.3 cm³/mol. The van der Waals surface area contributed by atoms with Crippen molar-refractivity contribution in [1.82, 2.24) is 15.1 Å². The molecule has 0 aromatic carbocycles. The summed E-state index contributed by atoms with van der Waals surface area (Å²) in [5.41, 5.74) is 3.96. The monoisotopic (exact) mass is 263 g/mol. The van der Waals surface area contributed by atoms with Crippen LogP contribution in [0.1, 0.15) is 69.4 Å². The Labute approximate surface area is 117 Å². The fourth-order valence-corrected chi connectivity index (χ4v) is 3.24. The van der Waals surface area contributed by atoms with Gasteiger partial charge in [-0.3, -0.25) is 4.68 Å². The Bertz CT molecular complexity index is 420. The summed E-state index contributed by atoms with van der Waals surface area (Å²) < 4.78 is 2.31. The standard InChI is InChI=1S/C16H29N3/c1-11(2)17-10-16-13(4)18-19(14(16)5)15-8-6-7-12(3)9-15/h11-12,15,17H,6-10H2,1-5H3. The molecule has 2 unspecified atom stereocenters. The van der Waals surface area contributed by atoms with Gasteiger partial charge in [-0.25, -0.2) is 0 Å². The summed E-state index contributed by atoms with van der Waals surface area (Å²) in [6, 6.07) is 1.15. The maximum atomic E-state index is 4.82. The first-order valence-corrected chi connectivity index (χ1v) is 7.77. The van der Waals surface area contributed by atoms with Crippen LogP contribution in [-0.2, 0) is 6.54 Å². The second kappa shape index (κ2) is 6.08. The van der Waals surface area contributed by atoms with Crippen LogP contribution in [0.4, 0.5) is 0 Å². The summed E-state index contributed by atoms with van der Waals surface area (Å²) in [5, 5.41) is 8.34. The molecule has 0 aliphatic heterocycles. The van der Waals surface area contributed by atoms with Gasteiger partial charge in [0.1, 0.15) is 0 Å². The van der Waals surface area contributed by atoms with Crippen LogP contribution in [0.15, 0.2) is 0 Å². The normalized spacial score (nSPS) is 24.1. The minimum absolute atomic E-state index is 0.525. The Hall–Kier alpha value is -0.830. The van der Waals surface area contributed by atoms with Crippen molar-refractivity contribution in [1.29, 1.82) is 0 Å². The molecular weight excluding hydrogens is 234 g/mol. The Balaban J connectivity index is 2.15. The van der Waals surface area contributed by atoms with E-state index in [4.69, 9.17) is 5.10 Å². The largest absolute Gasteiger partial charge is 0.310 e. The van der Waals surface area contributed by atoms with Crippen LogP contribution in [0.25, 0.3) is 0 Å². The minimum Gasteiger partial charge on any atom is -0.310 e. The van der Waals surface area contributed by atoms with E-state index in [-0.39, 0.29) is 0 Å². The van der Waals surface area contributed by atoms with Crippen molar-refractivity contribution in [2.24, 2.45) is 5.92 Å². The van der Waals surface area contributed by atoms with Crippen molar-refractivity contribution >= 4 is 0 Å². The molecule has 0 saturated heterocycles. The van der Waals surface area contributed by atoms with Gasteiger partial charge in [0.2, 0.25) is 0 Å². The Morgan fingerprint density at radius 3 is 2.68 bits per heavy atom. The van der Waals surface area contributed by atoms with Crippen LogP contribution in [0.2, 0.25) is 0 Å². The van der Waals surface area contributed by atoms with Crippen LogP contribution in [0.5, 0.6) is 0 Å². The second-order valence-corrected chi connectivity index (χ2v) is 6.56. The third kappa shape index (κ3) is 3.38. The second-order valence-electron chi connectivity index (χ2n) is 6.56. The molecule has 0 bridgehead atoms. The maximum absolute atomic E-state index is 4.82. The topological polar surface area (TPSA) is 29.9 Å². The lowest BCUT2D eigenvalue weighted by atomic mass is 9.87. The fourth-order valence-electron chi connectivity index (χ4n) is 3.24. The highest BCUT2D eigenvalue weighted by molar-refractivity contribution is 5.25. The maximum Gasteiger partial charge on any atom is 0.0641 e. The minimum atomic E-state index is 0.525. The van der Waals surface area contributed by atoms with E-state index < -0.39 is 0 Å². The van der Waals surface area contributed by atoms with Crippen molar-refractivity contribution in [3.8, 4) is 0 Å². The summed E-state index contributed by atoms with van der Waals surface area (Å²) in [4.78, 5) is 0. The van der Waals surface area contributed by atoms with E-state index in [1.807, 2.05) is 0 Å². The molecule has 3 heteroatoms. The molecule has 1 aromatic heterocycles. The smallest absolute Gasteiger partial charge is 0.0641 e. The Morgan fingerprint density at radius 1 is 1.32 bits per heavy atom. The molecule has 0 amide bonds. The van der Waals surface area contributed by atoms with E-state index in [0.29, 0.717) is 12.1 Å². The van der Waals surface area contributed by atoms with Crippen molar-refractivity contribution in [3.63, 3.8) is 0 Å². The number of nitrogens with zero attached hydrogens (tertiary/aromatic N) is 2. The van der Waals surface area contributed by atoms with Crippen molar-refractivity contribution in [2.75, 3.05) is 0 Å². The Kier molecular flexibility index (Phi) is 4.67. The van der Waals surface area contributed by atoms with Gasteiger partial charge in [-0.2, -0.15) is 5.10 Å². The lowest BCUT2D eigenvalue weighted by Gasteiger charge is -2.28. The zero-order chi connectivity index (χ0) is 14.0. The van der Waals surface area contributed by atoms with Gasteiger partial charge in [0.15, 0.2) is 0 Å². The first-order valence-electron chi connectivity index (χ1n) is 7.77. The average Bonchev–Trinajstić information content (AvgIpc) is 2.62. The highest BCUT2D eigenvalue weighted by atomic mass is 15.3. The molecule has 19 heavy (non-hydrogen) atoms. The summed E-state index contributed by atoms with van der Waals surface area (Å²) in [7, 11) is 0. The molecule has 108 valence electrons. The van der Waals surface area contributed by atoms with Crippen LogP contribution >= 0.6 is 0 Å². The van der Waals surface area contributed by atoms with E-state index in [2.05, 4.69) is 44.6 Å². The zero-order valence-corrected chi connectivity index (χ0v) is 13.2. The number of aromatic nitrogens is 2. The number of hydrogen-bond acceptors (Lipinski definition) is 2. The molecule has 1 fully saturated rings. The van der Waals surface area contributed by atoms with Crippen LogP contribution in [0.3, 0.4) is 0 Å². The van der Waals surface area contributed by atoms with E-state index >= 15 is 0 Å². The number of hydrogen-bond donors (Lipinski definition) is 1. The molecule has 3 nitrogen and oxygen atoms in total. The lowest BCUT2D eigenvalue weighted by Crippen LogP contribution is -2.23. The lowest BCUT2D eigenvalue weighted by molar-refractivity contribution is 0.263. The van der Waals surface area contributed by atoms with E-state index in [0.717, 1.165) is 12.5 Å². The molecule has 1 aromatic rings. The van der Waals surface area contributed by atoms with Gasteiger partial charge in [-0.15, -0.1) is 0 Å². The van der Waals surface area contributed by atoms with E-state index in [1.165, 1.54) is 42.6 Å². The van der Waals surface area contributed by atoms with Crippen LogP contribution in [-0.4, -0.2) is 15.8 Å². The molecule has 1 aliphatic carbocycles. The number of nitrogens with one attached hydrogen (secondary N) is 1. The van der Waals surface area contributed by atoms with Crippen molar-refractivity contribution < 1.29 is 0 Å². The van der Waals surface area contributed by atoms with E-state index in [1.54, 1.807) is 0 Å². The molecule has 1 aliphatic rings. The van der Waals surface area contributed by atoms with Gasteiger partial charge in [0.25, 0.3) is 0 Å². The van der Waals surface area contributed by atoms with Gasteiger partial charge in [-0.05, 0) is 32.6 Å². The van der Waals surface area contributed by atoms with Gasteiger partial charge in [0, 0.05) is 23.8 Å². The van der Waals surface area contributed by atoms with Crippen LogP contribution in [0, 0.1) is 19.8 Å². The molecule has 1 heterocycles. The summed E-state index contributed by atoms with van der Waals surface area (Å²) in [5.74, 6) is 0.847. The first-order chi connectivity index (χ1) is 8.99. The number of rotatable bonds is 4. The third-order valence-electron chi connectivity index (χ3n) is 4.42. The molecule has 2 rings (SSSR count). The molecule has 0 spiro atoms. The molecule has 2 atom stereocenters. The predicted octanol–water partition coefficient (Wildman–Crippen LogP) is 3.75. The van der Waals surface area contributed by atoms with Gasteiger partial charge < -0.3 is 5.32 Å². The summed E-state index contributed by atoms with van der Waals surface area (Å²) in [6.07, 6.45) is 5.32. The van der Waals surface area contributed by atoms with Gasteiger partial charge in [0.05, 0.1) is 11.7 Å². The van der Waals surface area contributed by atoms with Crippen molar-refractivity contribution in [3.05, 3.63) is 17.0 Å². The highest BCUT2D eigenvalue weighted by Crippen LogP contribution is 2.33. The molecule has 0 radical (unpaired) electrons. The average molecular weight is 263 g/mol. The zero-order valence-electron chi connectivity index (χ0n) is 13.2.